The van der Waals surface area contributed by atoms with Crippen molar-refractivity contribution < 1.29 is 23.4 Å². The number of rotatable bonds is 5. The molecule has 0 saturated heterocycles. The van der Waals surface area contributed by atoms with Gasteiger partial charge in [0.1, 0.15) is 0 Å². The first kappa shape index (κ1) is 17.3. The zero-order valence-electron chi connectivity index (χ0n) is 13.9. The predicted molar refractivity (Wildman–Crippen MR) is 98.8 cm³/mol. The largest absolute Gasteiger partial charge is 0.454 e. The Kier molecular flexibility index (Phi) is 4.88. The lowest BCUT2D eigenvalue weighted by atomic mass is 10.2. The molecule has 0 saturated carbocycles. The number of carbonyl (C=O) groups is 1. The van der Waals surface area contributed by atoms with Crippen LogP contribution >= 0.6 is 15.9 Å². The zero-order chi connectivity index (χ0) is 18.6. The number of hydrogen-bond acceptors (Lipinski definition) is 7. The van der Waals surface area contributed by atoms with Gasteiger partial charge >= 0.3 is 5.97 Å². The van der Waals surface area contributed by atoms with Gasteiger partial charge in [-0.05, 0) is 51.8 Å². The normalized spacial score (nSPS) is 12.5. The molecule has 2 aromatic carbocycles. The number of fused-ring (bicyclic) bond motifs is 1. The van der Waals surface area contributed by atoms with Crippen molar-refractivity contribution in [2.75, 3.05) is 6.79 Å². The van der Waals surface area contributed by atoms with Crippen LogP contribution in [0.15, 0.2) is 57.4 Å². The fraction of sp³-hybridized carbons (Fsp3) is 0.105. The third-order valence-corrected chi connectivity index (χ3v) is 4.41. The molecule has 0 fully saturated rings. The van der Waals surface area contributed by atoms with E-state index in [1.165, 1.54) is 6.08 Å². The molecule has 4 rings (SSSR count). The molecule has 1 aromatic heterocycles. The average molecular weight is 429 g/mol. The smallest absolute Gasteiger partial charge is 0.331 e. The van der Waals surface area contributed by atoms with Crippen LogP contribution in [-0.4, -0.2) is 23.0 Å². The molecule has 1 aliphatic rings. The van der Waals surface area contributed by atoms with E-state index in [1.807, 2.05) is 30.3 Å². The van der Waals surface area contributed by atoms with Crippen LogP contribution < -0.4 is 9.47 Å². The Morgan fingerprint density at radius 3 is 2.89 bits per heavy atom. The van der Waals surface area contributed by atoms with Gasteiger partial charge in [-0.1, -0.05) is 18.2 Å². The van der Waals surface area contributed by atoms with E-state index >= 15 is 0 Å². The average Bonchev–Trinajstić information content (AvgIpc) is 3.34. The minimum absolute atomic E-state index is 0.109. The van der Waals surface area contributed by atoms with Gasteiger partial charge in [0.15, 0.2) is 18.1 Å². The van der Waals surface area contributed by atoms with Crippen molar-refractivity contribution in [3.63, 3.8) is 0 Å². The number of carbonyl (C=O) groups excluding carboxylic acids is 1. The van der Waals surface area contributed by atoms with Crippen molar-refractivity contribution in [2.24, 2.45) is 0 Å². The number of ether oxygens (including phenoxy) is 3. The number of halogens is 1. The molecule has 2 heterocycles. The van der Waals surface area contributed by atoms with Crippen molar-refractivity contribution in [2.45, 2.75) is 6.61 Å². The van der Waals surface area contributed by atoms with E-state index in [1.54, 1.807) is 18.2 Å². The van der Waals surface area contributed by atoms with E-state index in [-0.39, 0.29) is 19.3 Å². The molecule has 0 unspecified atom stereocenters. The summed E-state index contributed by atoms with van der Waals surface area (Å²) in [4.78, 5) is 11.9. The Morgan fingerprint density at radius 1 is 1.15 bits per heavy atom. The van der Waals surface area contributed by atoms with Crippen LogP contribution in [0.5, 0.6) is 11.5 Å². The Balaban J connectivity index is 1.35. The van der Waals surface area contributed by atoms with Crippen LogP contribution in [0.1, 0.15) is 11.5 Å². The molecule has 0 radical (unpaired) electrons. The van der Waals surface area contributed by atoms with Crippen molar-refractivity contribution >= 4 is 28.0 Å². The topological polar surface area (TPSA) is 83.7 Å². The minimum atomic E-state index is -0.520. The zero-order valence-corrected chi connectivity index (χ0v) is 15.5. The monoisotopic (exact) mass is 428 g/mol. The molecular weight excluding hydrogens is 416 g/mol. The van der Waals surface area contributed by atoms with Gasteiger partial charge in [-0.2, -0.15) is 0 Å². The van der Waals surface area contributed by atoms with Crippen LogP contribution in [0.25, 0.3) is 17.5 Å². The van der Waals surface area contributed by atoms with E-state index in [2.05, 4.69) is 26.1 Å². The Morgan fingerprint density at radius 2 is 2.00 bits per heavy atom. The summed E-state index contributed by atoms with van der Waals surface area (Å²) in [6.07, 6.45) is 2.95. The van der Waals surface area contributed by atoms with Gasteiger partial charge in [-0.15, -0.1) is 10.2 Å². The van der Waals surface area contributed by atoms with Crippen molar-refractivity contribution in [1.82, 2.24) is 10.2 Å². The predicted octanol–water partition coefficient (Wildman–Crippen LogP) is 3.98. The fourth-order valence-corrected chi connectivity index (χ4v) is 2.87. The third-order valence-electron chi connectivity index (χ3n) is 3.72. The Hall–Kier alpha value is -3.13. The quantitative estimate of drug-likeness (QED) is 0.448. The number of esters is 1. The summed E-state index contributed by atoms with van der Waals surface area (Å²) in [6, 6.07) is 12.9. The molecule has 0 bridgehead atoms. The van der Waals surface area contributed by atoms with E-state index < -0.39 is 5.97 Å². The second-order valence-electron chi connectivity index (χ2n) is 5.53. The highest BCUT2D eigenvalue weighted by Crippen LogP contribution is 2.32. The van der Waals surface area contributed by atoms with Gasteiger partial charge in [0, 0.05) is 10.5 Å². The van der Waals surface area contributed by atoms with Crippen molar-refractivity contribution in [3.05, 3.63) is 64.5 Å². The van der Waals surface area contributed by atoms with E-state index in [0.717, 1.165) is 15.6 Å². The molecule has 3 aromatic rings. The fourth-order valence-electron chi connectivity index (χ4n) is 2.42. The second-order valence-corrected chi connectivity index (χ2v) is 6.39. The third kappa shape index (κ3) is 4.01. The summed E-state index contributed by atoms with van der Waals surface area (Å²) >= 11 is 3.43. The van der Waals surface area contributed by atoms with Gasteiger partial charge in [0.2, 0.25) is 12.7 Å². The Labute approximate surface area is 162 Å². The standard InChI is InChI=1S/C19H13BrN2O5/c20-14-4-2-1-3-13(14)19-22-21-17(27-19)10-24-18(23)8-6-12-5-7-15-16(9-12)26-11-25-15/h1-9H,10-11H2/b8-6+. The van der Waals surface area contributed by atoms with Crippen LogP contribution in [0.3, 0.4) is 0 Å². The van der Waals surface area contributed by atoms with Crippen molar-refractivity contribution in [1.29, 1.82) is 0 Å². The van der Waals surface area contributed by atoms with Crippen LogP contribution in [0.2, 0.25) is 0 Å². The van der Waals surface area contributed by atoms with E-state index in [0.29, 0.717) is 17.4 Å². The first-order valence-corrected chi connectivity index (χ1v) is 8.80. The minimum Gasteiger partial charge on any atom is -0.454 e. The highest BCUT2D eigenvalue weighted by atomic mass is 79.9. The maximum Gasteiger partial charge on any atom is 0.331 e. The number of benzene rings is 2. The molecule has 136 valence electrons. The molecule has 27 heavy (non-hydrogen) atoms. The van der Waals surface area contributed by atoms with Gasteiger partial charge in [-0.25, -0.2) is 4.79 Å². The molecular formula is C19H13BrN2O5. The summed E-state index contributed by atoms with van der Waals surface area (Å²) < 4.78 is 22.0. The summed E-state index contributed by atoms with van der Waals surface area (Å²) in [6.45, 7) is 0.0953. The molecule has 0 amide bonds. The highest BCUT2D eigenvalue weighted by molar-refractivity contribution is 9.10. The molecule has 0 spiro atoms. The molecule has 1 aliphatic heterocycles. The highest BCUT2D eigenvalue weighted by Gasteiger charge is 2.13. The van der Waals surface area contributed by atoms with Crippen LogP contribution in [0.4, 0.5) is 0 Å². The van der Waals surface area contributed by atoms with Crippen molar-refractivity contribution in [3.8, 4) is 23.0 Å². The number of nitrogens with zero attached hydrogens (tertiary/aromatic N) is 2. The second kappa shape index (κ2) is 7.63. The lowest BCUT2D eigenvalue weighted by Crippen LogP contribution is -2.00. The first-order valence-electron chi connectivity index (χ1n) is 8.01. The maximum atomic E-state index is 11.9. The molecule has 0 atom stereocenters. The maximum absolute atomic E-state index is 11.9. The van der Waals surface area contributed by atoms with E-state index in [4.69, 9.17) is 18.6 Å². The van der Waals surface area contributed by atoms with Gasteiger partial charge in [0.25, 0.3) is 5.89 Å². The molecule has 0 aliphatic carbocycles. The Bertz CT molecular complexity index is 1010. The summed E-state index contributed by atoms with van der Waals surface area (Å²) in [5, 5.41) is 7.86. The number of aromatic nitrogens is 2. The SMILES string of the molecule is O=C(/C=C/c1ccc2c(c1)OCO2)OCc1nnc(-c2ccccc2Br)o1. The van der Waals surface area contributed by atoms with Gasteiger partial charge < -0.3 is 18.6 Å². The van der Waals surface area contributed by atoms with Crippen LogP contribution in [-0.2, 0) is 16.1 Å². The van der Waals surface area contributed by atoms with Gasteiger partial charge in [0.05, 0.1) is 5.56 Å². The number of hydrogen-bond donors (Lipinski definition) is 0. The lowest BCUT2D eigenvalue weighted by molar-refractivity contribution is -0.139. The molecule has 0 N–H and O–H groups in total. The summed E-state index contributed by atoms with van der Waals surface area (Å²) in [5.41, 5.74) is 1.57. The summed E-state index contributed by atoms with van der Waals surface area (Å²) in [5.74, 6) is 1.38. The molecule has 8 heteroatoms. The van der Waals surface area contributed by atoms with Crippen LogP contribution in [0, 0.1) is 0 Å². The van der Waals surface area contributed by atoms with Gasteiger partial charge in [-0.3, -0.25) is 0 Å². The van der Waals surface area contributed by atoms with E-state index in [9.17, 15) is 4.79 Å². The first-order chi connectivity index (χ1) is 13.2. The lowest BCUT2D eigenvalue weighted by Gasteiger charge is -1.99. The molecule has 7 nitrogen and oxygen atoms in total. The summed E-state index contributed by atoms with van der Waals surface area (Å²) in [7, 11) is 0.